The van der Waals surface area contributed by atoms with Crippen molar-refractivity contribution in [1.29, 1.82) is 0 Å². The zero-order chi connectivity index (χ0) is 17.6. The molecule has 0 spiro atoms. The zero-order valence-corrected chi connectivity index (χ0v) is 18.2. The molecule has 0 aliphatic carbocycles. The van der Waals surface area contributed by atoms with Gasteiger partial charge in [-0.1, -0.05) is 30.3 Å². The van der Waals surface area contributed by atoms with Gasteiger partial charge in [-0.3, -0.25) is 9.79 Å². The summed E-state index contributed by atoms with van der Waals surface area (Å²) < 4.78 is 0. The van der Waals surface area contributed by atoms with E-state index in [0.717, 1.165) is 48.4 Å². The van der Waals surface area contributed by atoms with Crippen LogP contribution in [0.2, 0.25) is 0 Å². The number of benzene rings is 1. The van der Waals surface area contributed by atoms with Crippen LogP contribution in [0.3, 0.4) is 0 Å². The van der Waals surface area contributed by atoms with Crippen LogP contribution < -0.4 is 5.32 Å². The summed E-state index contributed by atoms with van der Waals surface area (Å²) in [4.78, 5) is 24.5. The lowest BCUT2D eigenvalue weighted by Gasteiger charge is -2.36. The maximum atomic E-state index is 11.4. The second-order valence-corrected chi connectivity index (χ2v) is 6.76. The van der Waals surface area contributed by atoms with Gasteiger partial charge in [0.05, 0.1) is 12.2 Å². The lowest BCUT2D eigenvalue weighted by molar-refractivity contribution is -0.130. The number of nitrogens with zero attached hydrogens (tertiary/aromatic N) is 4. The molecule has 0 atom stereocenters. The number of hydrogen-bond donors (Lipinski definition) is 1. The third-order valence-electron chi connectivity index (χ3n) is 4.24. The van der Waals surface area contributed by atoms with Gasteiger partial charge >= 0.3 is 0 Å². The molecule has 3 rings (SSSR count). The zero-order valence-electron chi connectivity index (χ0n) is 15.0. The number of nitrogens with one attached hydrogen (secondary N) is 1. The lowest BCUT2D eigenvalue weighted by atomic mass is 10.2. The van der Waals surface area contributed by atoms with Crippen molar-refractivity contribution in [2.45, 2.75) is 13.5 Å². The van der Waals surface area contributed by atoms with Crippen molar-refractivity contribution in [3.8, 4) is 10.6 Å². The van der Waals surface area contributed by atoms with Crippen LogP contribution in [0.1, 0.15) is 12.6 Å². The first kappa shape index (κ1) is 20.6. The fourth-order valence-electron chi connectivity index (χ4n) is 2.84. The Labute approximate surface area is 175 Å². The Kier molecular flexibility index (Phi) is 7.83. The summed E-state index contributed by atoms with van der Waals surface area (Å²) in [5, 5.41) is 6.49. The van der Waals surface area contributed by atoms with Crippen molar-refractivity contribution >= 4 is 47.2 Å². The SMILES string of the molecule is CN=C(NCc1csc(-c2ccccc2)n1)N1CCN(C(C)=O)CC1.I. The monoisotopic (exact) mass is 485 g/mol. The second kappa shape index (κ2) is 9.86. The number of guanidine groups is 1. The fraction of sp³-hybridized carbons (Fsp3) is 0.389. The molecular formula is C18H24IN5OS. The van der Waals surface area contributed by atoms with Crippen LogP contribution in [0.15, 0.2) is 40.7 Å². The van der Waals surface area contributed by atoms with Crippen molar-refractivity contribution < 1.29 is 4.79 Å². The van der Waals surface area contributed by atoms with Crippen molar-refractivity contribution in [3.63, 3.8) is 0 Å². The molecule has 1 N–H and O–H groups in total. The average Bonchev–Trinajstić information content (AvgIpc) is 3.12. The number of hydrogen-bond acceptors (Lipinski definition) is 4. The number of halogens is 1. The average molecular weight is 485 g/mol. The molecule has 6 nitrogen and oxygen atoms in total. The molecule has 1 amide bonds. The molecular weight excluding hydrogens is 461 g/mol. The Bertz CT molecular complexity index is 741. The maximum absolute atomic E-state index is 11.4. The number of rotatable bonds is 3. The molecule has 1 aliphatic rings. The van der Waals surface area contributed by atoms with Gasteiger partial charge in [0, 0.05) is 51.1 Å². The van der Waals surface area contributed by atoms with E-state index in [-0.39, 0.29) is 29.9 Å². The molecule has 1 saturated heterocycles. The van der Waals surface area contributed by atoms with Crippen LogP contribution in [-0.4, -0.2) is 59.9 Å². The predicted molar refractivity (Wildman–Crippen MR) is 117 cm³/mol. The highest BCUT2D eigenvalue weighted by atomic mass is 127. The Hall–Kier alpha value is -1.68. The van der Waals surface area contributed by atoms with E-state index in [9.17, 15) is 4.79 Å². The summed E-state index contributed by atoms with van der Waals surface area (Å²) in [6, 6.07) is 10.2. The number of carbonyl (C=O) groups is 1. The molecule has 0 bridgehead atoms. The Morgan fingerprint density at radius 1 is 1.19 bits per heavy atom. The minimum atomic E-state index is 0. The van der Waals surface area contributed by atoms with Crippen LogP contribution in [0.25, 0.3) is 10.6 Å². The van der Waals surface area contributed by atoms with E-state index < -0.39 is 0 Å². The van der Waals surface area contributed by atoms with Crippen LogP contribution in [0, 0.1) is 0 Å². The quantitative estimate of drug-likeness (QED) is 0.413. The van der Waals surface area contributed by atoms with E-state index in [4.69, 9.17) is 4.98 Å². The van der Waals surface area contributed by atoms with Gasteiger partial charge in [0.25, 0.3) is 0 Å². The Balaban J connectivity index is 0.00000243. The van der Waals surface area contributed by atoms with Gasteiger partial charge in [-0.05, 0) is 0 Å². The molecule has 26 heavy (non-hydrogen) atoms. The van der Waals surface area contributed by atoms with Crippen LogP contribution >= 0.6 is 35.3 Å². The normalized spacial score (nSPS) is 14.8. The first-order valence-electron chi connectivity index (χ1n) is 8.38. The van der Waals surface area contributed by atoms with E-state index in [1.54, 1.807) is 25.3 Å². The van der Waals surface area contributed by atoms with Gasteiger partial charge in [0.2, 0.25) is 5.91 Å². The molecule has 1 fully saturated rings. The molecule has 0 radical (unpaired) electrons. The Morgan fingerprint density at radius 2 is 1.85 bits per heavy atom. The molecule has 0 unspecified atom stereocenters. The third-order valence-corrected chi connectivity index (χ3v) is 5.18. The van der Waals surface area contributed by atoms with Crippen molar-refractivity contribution in [2.24, 2.45) is 4.99 Å². The number of piperazine rings is 1. The van der Waals surface area contributed by atoms with Gasteiger partial charge in [0.15, 0.2) is 5.96 Å². The number of aromatic nitrogens is 1. The van der Waals surface area contributed by atoms with E-state index in [1.807, 2.05) is 23.1 Å². The summed E-state index contributed by atoms with van der Waals surface area (Å²) in [5.41, 5.74) is 2.15. The number of amides is 1. The first-order valence-corrected chi connectivity index (χ1v) is 9.26. The lowest BCUT2D eigenvalue weighted by Crippen LogP contribution is -2.53. The van der Waals surface area contributed by atoms with Crippen molar-refractivity contribution in [3.05, 3.63) is 41.4 Å². The van der Waals surface area contributed by atoms with Gasteiger partial charge in [-0.2, -0.15) is 0 Å². The minimum Gasteiger partial charge on any atom is -0.351 e. The molecule has 1 aliphatic heterocycles. The number of aliphatic imine (C=N–C) groups is 1. The van der Waals surface area contributed by atoms with Gasteiger partial charge in [-0.25, -0.2) is 4.98 Å². The fourth-order valence-corrected chi connectivity index (χ4v) is 3.66. The van der Waals surface area contributed by atoms with E-state index >= 15 is 0 Å². The molecule has 1 aromatic heterocycles. The summed E-state index contributed by atoms with van der Waals surface area (Å²) in [5.74, 6) is 0.996. The molecule has 140 valence electrons. The van der Waals surface area contributed by atoms with Crippen molar-refractivity contribution in [1.82, 2.24) is 20.1 Å². The molecule has 8 heteroatoms. The van der Waals surface area contributed by atoms with Crippen LogP contribution in [-0.2, 0) is 11.3 Å². The van der Waals surface area contributed by atoms with Crippen molar-refractivity contribution in [2.75, 3.05) is 33.2 Å². The van der Waals surface area contributed by atoms with E-state index in [2.05, 4.69) is 32.7 Å². The largest absolute Gasteiger partial charge is 0.351 e. The van der Waals surface area contributed by atoms with Gasteiger partial charge < -0.3 is 15.1 Å². The highest BCUT2D eigenvalue weighted by Crippen LogP contribution is 2.23. The van der Waals surface area contributed by atoms with Gasteiger partial charge in [-0.15, -0.1) is 35.3 Å². The third kappa shape index (κ3) is 5.16. The second-order valence-electron chi connectivity index (χ2n) is 5.90. The highest BCUT2D eigenvalue weighted by Gasteiger charge is 2.20. The smallest absolute Gasteiger partial charge is 0.219 e. The number of carbonyl (C=O) groups excluding carboxylic acids is 1. The maximum Gasteiger partial charge on any atom is 0.219 e. The molecule has 0 saturated carbocycles. The highest BCUT2D eigenvalue weighted by molar-refractivity contribution is 14.0. The summed E-state index contributed by atoms with van der Waals surface area (Å²) in [6.07, 6.45) is 0. The summed E-state index contributed by atoms with van der Waals surface area (Å²) >= 11 is 1.65. The topological polar surface area (TPSA) is 60.8 Å². The predicted octanol–water partition coefficient (Wildman–Crippen LogP) is 2.67. The van der Waals surface area contributed by atoms with Gasteiger partial charge in [0.1, 0.15) is 5.01 Å². The molecule has 1 aromatic carbocycles. The van der Waals surface area contributed by atoms with E-state index in [1.165, 1.54) is 0 Å². The molecule has 2 aromatic rings. The minimum absolute atomic E-state index is 0. The first-order chi connectivity index (χ1) is 12.2. The number of thiazole rings is 1. The molecule has 2 heterocycles. The summed E-state index contributed by atoms with van der Waals surface area (Å²) in [6.45, 7) is 5.34. The standard InChI is InChI=1S/C18H23N5OS.HI/c1-14(24)22-8-10-23(11-9-22)18(19-2)20-12-16-13-25-17(21-16)15-6-4-3-5-7-15;/h3-7,13H,8-12H2,1-2H3,(H,19,20);1H. The van der Waals surface area contributed by atoms with Crippen LogP contribution in [0.4, 0.5) is 0 Å². The Morgan fingerprint density at radius 3 is 2.46 bits per heavy atom. The van der Waals surface area contributed by atoms with Crippen LogP contribution in [0.5, 0.6) is 0 Å². The van der Waals surface area contributed by atoms with E-state index in [0.29, 0.717) is 6.54 Å². The summed E-state index contributed by atoms with van der Waals surface area (Å²) in [7, 11) is 1.79.